The van der Waals surface area contributed by atoms with Gasteiger partial charge in [0.2, 0.25) is 5.91 Å². The quantitative estimate of drug-likeness (QED) is 0.0824. The van der Waals surface area contributed by atoms with Crippen LogP contribution < -0.4 is 21.7 Å². The molecule has 18 heteroatoms. The first-order chi connectivity index (χ1) is 23.4. The predicted molar refractivity (Wildman–Crippen MR) is 168 cm³/mol. The summed E-state index contributed by atoms with van der Waals surface area (Å²) in [6.07, 6.45) is 0.570. The van der Waals surface area contributed by atoms with Gasteiger partial charge in [0.25, 0.3) is 18.8 Å². The SMILES string of the molecule is CCc1cc(Nc2nccn3c(-c4cn(CC(F)F)nc4C(F)(F)F)cnc23)ccc1C(=O)NCCCNC(=O)[C@@H]1CC[C@H](N)C1.O=CO. The maximum absolute atomic E-state index is 13.7. The number of aryl methyl sites for hydroxylation is 1. The molecule has 1 aliphatic carbocycles. The molecule has 0 saturated heterocycles. The summed E-state index contributed by atoms with van der Waals surface area (Å²) in [6, 6.07) is 5.18. The minimum absolute atomic E-state index is 0.000535. The third-order valence-corrected chi connectivity index (χ3v) is 7.84. The lowest BCUT2D eigenvalue weighted by Gasteiger charge is -2.13. The molecule has 264 valence electrons. The second kappa shape index (κ2) is 16.3. The van der Waals surface area contributed by atoms with Gasteiger partial charge in [-0.3, -0.25) is 23.5 Å². The van der Waals surface area contributed by atoms with E-state index in [2.05, 4.69) is 31.0 Å². The number of benzene rings is 1. The topological polar surface area (TPSA) is 182 Å². The summed E-state index contributed by atoms with van der Waals surface area (Å²) in [5, 5.41) is 19.1. The van der Waals surface area contributed by atoms with Gasteiger partial charge in [-0.2, -0.15) is 18.3 Å². The molecule has 0 unspecified atom stereocenters. The van der Waals surface area contributed by atoms with Crippen molar-refractivity contribution >= 4 is 35.4 Å². The summed E-state index contributed by atoms with van der Waals surface area (Å²) in [5.74, 6) is -0.0842. The zero-order chi connectivity index (χ0) is 35.7. The highest BCUT2D eigenvalue weighted by molar-refractivity contribution is 5.96. The van der Waals surface area contributed by atoms with E-state index in [-0.39, 0.29) is 47.4 Å². The molecule has 49 heavy (non-hydrogen) atoms. The number of fused-ring (bicyclic) bond motifs is 1. The van der Waals surface area contributed by atoms with E-state index in [4.69, 9.17) is 15.6 Å². The molecule has 0 radical (unpaired) electrons. The molecule has 6 N–H and O–H groups in total. The third-order valence-electron chi connectivity index (χ3n) is 7.84. The van der Waals surface area contributed by atoms with Crippen LogP contribution >= 0.6 is 0 Å². The van der Waals surface area contributed by atoms with Crippen molar-refractivity contribution in [2.45, 2.75) is 64.2 Å². The van der Waals surface area contributed by atoms with Gasteiger partial charge in [0, 0.05) is 54.9 Å². The van der Waals surface area contributed by atoms with Gasteiger partial charge in [0.15, 0.2) is 17.2 Å². The smallest absolute Gasteiger partial charge is 0.435 e. The molecule has 2 amide bonds. The molecule has 13 nitrogen and oxygen atoms in total. The predicted octanol–water partition coefficient (Wildman–Crippen LogP) is 4.25. The number of hydrogen-bond donors (Lipinski definition) is 5. The van der Waals surface area contributed by atoms with E-state index in [1.54, 1.807) is 18.2 Å². The number of imidazole rings is 1. The lowest BCUT2D eigenvalue weighted by atomic mass is 10.0. The second-order valence-electron chi connectivity index (χ2n) is 11.2. The van der Waals surface area contributed by atoms with Crippen molar-refractivity contribution in [3.05, 3.63) is 59.8 Å². The number of alkyl halides is 5. The highest BCUT2D eigenvalue weighted by atomic mass is 19.4. The van der Waals surface area contributed by atoms with Crippen molar-refractivity contribution in [2.75, 3.05) is 18.4 Å². The summed E-state index contributed by atoms with van der Waals surface area (Å²) in [4.78, 5) is 42.1. The Morgan fingerprint density at radius 2 is 1.90 bits per heavy atom. The zero-order valence-electron chi connectivity index (χ0n) is 26.4. The monoisotopic (exact) mass is 693 g/mol. The molecule has 1 aromatic carbocycles. The summed E-state index contributed by atoms with van der Waals surface area (Å²) in [6.45, 7) is 1.47. The van der Waals surface area contributed by atoms with Crippen molar-refractivity contribution in [3.63, 3.8) is 0 Å². The van der Waals surface area contributed by atoms with Crippen molar-refractivity contribution in [2.24, 2.45) is 11.7 Å². The molecular formula is C31H36F5N9O4. The number of anilines is 2. The Hall–Kier alpha value is -5.13. The first-order valence-electron chi connectivity index (χ1n) is 15.4. The largest absolute Gasteiger partial charge is 0.483 e. The van der Waals surface area contributed by atoms with Crippen LogP contribution in [0.25, 0.3) is 16.9 Å². The Morgan fingerprint density at radius 3 is 2.55 bits per heavy atom. The molecule has 4 aromatic rings. The molecule has 5 rings (SSSR count). The number of rotatable bonds is 12. The minimum Gasteiger partial charge on any atom is -0.483 e. The van der Waals surface area contributed by atoms with Crippen molar-refractivity contribution in [3.8, 4) is 11.3 Å². The van der Waals surface area contributed by atoms with Gasteiger partial charge in [0.1, 0.15) is 6.54 Å². The van der Waals surface area contributed by atoms with Crippen LogP contribution in [-0.2, 0) is 28.7 Å². The number of hydrogen-bond acceptors (Lipinski definition) is 8. The summed E-state index contributed by atoms with van der Waals surface area (Å²) in [5.41, 5.74) is 6.15. The van der Waals surface area contributed by atoms with Crippen LogP contribution in [0.1, 0.15) is 54.2 Å². The van der Waals surface area contributed by atoms with E-state index in [1.165, 1.54) is 23.0 Å². The van der Waals surface area contributed by atoms with Gasteiger partial charge in [-0.15, -0.1) is 0 Å². The highest BCUT2D eigenvalue weighted by Gasteiger charge is 2.38. The Labute approximate surface area is 277 Å². The van der Waals surface area contributed by atoms with Gasteiger partial charge in [-0.25, -0.2) is 18.7 Å². The lowest BCUT2D eigenvalue weighted by Crippen LogP contribution is -2.33. The Bertz CT molecular complexity index is 1760. The second-order valence-corrected chi connectivity index (χ2v) is 11.2. The number of amides is 2. The number of carbonyl (C=O) groups excluding carboxylic acids is 2. The molecule has 1 saturated carbocycles. The normalized spacial score (nSPS) is 15.9. The number of nitrogens with one attached hydrogen (secondary N) is 3. The van der Waals surface area contributed by atoms with E-state index in [0.717, 1.165) is 24.6 Å². The molecule has 1 aliphatic rings. The molecular weight excluding hydrogens is 657 g/mol. The number of carbonyl (C=O) groups is 3. The van der Waals surface area contributed by atoms with E-state index in [9.17, 15) is 31.5 Å². The van der Waals surface area contributed by atoms with Crippen LogP contribution in [0.15, 0.2) is 43.0 Å². The molecule has 0 bridgehead atoms. The molecule has 1 fully saturated rings. The maximum atomic E-state index is 13.7. The van der Waals surface area contributed by atoms with E-state index >= 15 is 0 Å². The van der Waals surface area contributed by atoms with Crippen LogP contribution in [0, 0.1) is 5.92 Å². The highest BCUT2D eigenvalue weighted by Crippen LogP contribution is 2.37. The van der Waals surface area contributed by atoms with Crippen LogP contribution in [0.3, 0.4) is 0 Å². The third kappa shape index (κ3) is 9.27. The fourth-order valence-corrected chi connectivity index (χ4v) is 5.58. The van der Waals surface area contributed by atoms with E-state index in [1.807, 2.05) is 6.92 Å². The van der Waals surface area contributed by atoms with Gasteiger partial charge in [0.05, 0.1) is 17.5 Å². The van der Waals surface area contributed by atoms with Crippen molar-refractivity contribution in [1.82, 2.24) is 34.8 Å². The van der Waals surface area contributed by atoms with Gasteiger partial charge in [-0.1, -0.05) is 6.92 Å². The molecule has 0 aliphatic heterocycles. The van der Waals surface area contributed by atoms with Crippen molar-refractivity contribution < 1.29 is 41.4 Å². The Morgan fingerprint density at radius 1 is 1.16 bits per heavy atom. The average Bonchev–Trinajstić information content (AvgIpc) is 3.79. The van der Waals surface area contributed by atoms with Crippen LogP contribution in [0.5, 0.6) is 0 Å². The van der Waals surface area contributed by atoms with Crippen LogP contribution in [0.2, 0.25) is 0 Å². The first kappa shape index (κ1) is 36.7. The number of nitrogens with zero attached hydrogens (tertiary/aromatic N) is 5. The summed E-state index contributed by atoms with van der Waals surface area (Å²) >= 11 is 0. The Kier molecular flexibility index (Phi) is 12.2. The molecule has 3 aromatic heterocycles. The Balaban J connectivity index is 0.00000174. The van der Waals surface area contributed by atoms with Crippen LogP contribution in [-0.4, -0.2) is 73.1 Å². The number of aromatic nitrogens is 5. The van der Waals surface area contributed by atoms with Gasteiger partial charge in [-0.05, 0) is 55.9 Å². The first-order valence-corrected chi connectivity index (χ1v) is 15.4. The van der Waals surface area contributed by atoms with E-state index in [0.29, 0.717) is 48.3 Å². The number of carboxylic acid groups (broad SMARTS) is 1. The van der Waals surface area contributed by atoms with Gasteiger partial charge < -0.3 is 26.8 Å². The molecule has 2 atom stereocenters. The standard InChI is InChI=1S/C30H34F5N9O2.CH2O2/c1-2-17-13-20(6-7-21(17)29(46)39-9-3-8-38-28(45)18-4-5-19(36)12-18)41-26-27-40-14-23(44(27)11-10-37-26)22-15-43(16-24(31)32)42-25(22)30(33,34)35;2-1-3/h6-7,10-11,13-15,18-19,24H,2-5,8-9,12,16,36H2,1H3,(H,37,41)(H,38,45)(H,39,46);1H,(H,2,3)/t18-,19+;/m1./s1. The van der Waals surface area contributed by atoms with E-state index < -0.39 is 30.4 Å². The summed E-state index contributed by atoms with van der Waals surface area (Å²) in [7, 11) is 0. The van der Waals surface area contributed by atoms with Crippen molar-refractivity contribution in [1.29, 1.82) is 0 Å². The maximum Gasteiger partial charge on any atom is 0.435 e. The summed E-state index contributed by atoms with van der Waals surface area (Å²) < 4.78 is 68.9. The number of nitrogens with two attached hydrogens (primary N) is 1. The average molecular weight is 694 g/mol. The number of halogens is 5. The van der Waals surface area contributed by atoms with Gasteiger partial charge >= 0.3 is 6.18 Å². The molecule has 3 heterocycles. The fraction of sp³-hybridized carbons (Fsp3) is 0.419. The zero-order valence-corrected chi connectivity index (χ0v) is 26.4. The minimum atomic E-state index is -4.88. The lowest BCUT2D eigenvalue weighted by molar-refractivity contribution is -0.141. The fourth-order valence-electron chi connectivity index (χ4n) is 5.58. The van der Waals surface area contributed by atoms with Crippen LogP contribution in [0.4, 0.5) is 33.5 Å². The molecule has 0 spiro atoms.